The van der Waals surface area contributed by atoms with E-state index in [1.54, 1.807) is 29.2 Å². The zero-order chi connectivity index (χ0) is 29.0. The van der Waals surface area contributed by atoms with E-state index in [1.807, 2.05) is 12.2 Å². The highest BCUT2D eigenvalue weighted by Gasteiger charge is 2.41. The molecule has 2 unspecified atom stereocenters. The largest absolute Gasteiger partial charge is 0.482 e. The first-order valence-corrected chi connectivity index (χ1v) is 12.7. The molecule has 1 aromatic heterocycles. The fourth-order valence-electron chi connectivity index (χ4n) is 4.58. The number of alkyl halides is 3. The Kier molecular flexibility index (Phi) is 8.60. The second kappa shape index (κ2) is 11.9. The second-order valence-corrected chi connectivity index (χ2v) is 9.92. The Morgan fingerprint density at radius 3 is 2.48 bits per heavy atom. The minimum absolute atomic E-state index is 0.0585. The number of rotatable bonds is 8. The van der Waals surface area contributed by atoms with E-state index in [4.69, 9.17) is 9.47 Å². The van der Waals surface area contributed by atoms with Crippen LogP contribution in [-0.4, -0.2) is 71.5 Å². The van der Waals surface area contributed by atoms with E-state index in [-0.39, 0.29) is 36.4 Å². The number of esters is 1. The van der Waals surface area contributed by atoms with E-state index >= 15 is 0 Å². The van der Waals surface area contributed by atoms with Crippen LogP contribution in [0.1, 0.15) is 47.5 Å². The molecule has 3 amide bonds. The van der Waals surface area contributed by atoms with Gasteiger partial charge >= 0.3 is 18.1 Å². The number of carbonyl (C=O) groups excluding carboxylic acids is 4. The Morgan fingerprint density at radius 2 is 1.88 bits per heavy atom. The number of benzene rings is 1. The minimum Gasteiger partial charge on any atom is -0.482 e. The van der Waals surface area contributed by atoms with Gasteiger partial charge in [0.2, 0.25) is 5.91 Å². The Labute approximate surface area is 228 Å². The second-order valence-electron chi connectivity index (χ2n) is 9.92. The van der Waals surface area contributed by atoms with Crippen LogP contribution in [0.25, 0.3) is 0 Å². The molecule has 13 heteroatoms. The van der Waals surface area contributed by atoms with Crippen molar-refractivity contribution in [1.82, 2.24) is 20.5 Å². The molecule has 3 heterocycles. The third-order valence-electron chi connectivity index (χ3n) is 6.75. The van der Waals surface area contributed by atoms with Gasteiger partial charge in [-0.05, 0) is 38.0 Å². The molecule has 0 aliphatic carbocycles. The monoisotopic (exact) mass is 562 g/mol. The molecular formula is C27H29F3N4O6. The summed E-state index contributed by atoms with van der Waals surface area (Å²) in [7, 11) is 0. The van der Waals surface area contributed by atoms with Crippen molar-refractivity contribution in [2.24, 2.45) is 5.92 Å². The lowest BCUT2D eigenvalue weighted by Gasteiger charge is -2.27. The fourth-order valence-corrected chi connectivity index (χ4v) is 4.58. The molecule has 1 aromatic carbocycles. The maximum Gasteiger partial charge on any atom is 0.471 e. The van der Waals surface area contributed by atoms with E-state index in [0.29, 0.717) is 25.1 Å². The van der Waals surface area contributed by atoms with Crippen LogP contribution in [-0.2, 0) is 19.1 Å². The molecule has 2 aliphatic rings. The van der Waals surface area contributed by atoms with Gasteiger partial charge in [-0.3, -0.25) is 19.2 Å². The van der Waals surface area contributed by atoms with Crippen molar-refractivity contribution in [3.8, 4) is 5.75 Å². The Morgan fingerprint density at radius 1 is 1.15 bits per heavy atom. The number of cyclic esters (lactones) is 1. The van der Waals surface area contributed by atoms with Crippen molar-refractivity contribution in [2.75, 3.05) is 19.7 Å². The molecule has 2 fully saturated rings. The van der Waals surface area contributed by atoms with Crippen molar-refractivity contribution in [2.45, 2.75) is 51.1 Å². The van der Waals surface area contributed by atoms with E-state index in [9.17, 15) is 32.3 Å². The van der Waals surface area contributed by atoms with Crippen LogP contribution >= 0.6 is 0 Å². The van der Waals surface area contributed by atoms with Crippen LogP contribution in [0, 0.1) is 12.8 Å². The molecule has 2 saturated heterocycles. The van der Waals surface area contributed by atoms with E-state index in [2.05, 4.69) is 10.3 Å². The normalized spacial score (nSPS) is 20.4. The van der Waals surface area contributed by atoms with Crippen LogP contribution in [0.5, 0.6) is 5.75 Å². The first-order chi connectivity index (χ1) is 18.9. The lowest BCUT2D eigenvalue weighted by Crippen LogP contribution is -2.45. The van der Waals surface area contributed by atoms with Crippen molar-refractivity contribution < 1.29 is 41.8 Å². The number of nitrogens with zero attached hydrogens (tertiary/aromatic N) is 2. The topological polar surface area (TPSA) is 127 Å². The lowest BCUT2D eigenvalue weighted by molar-refractivity contribution is -0.174. The molecule has 10 nitrogen and oxygen atoms in total. The summed E-state index contributed by atoms with van der Waals surface area (Å²) in [6.45, 7) is 4.07. The molecule has 0 radical (unpaired) electrons. The number of pyridine rings is 1. The summed E-state index contributed by atoms with van der Waals surface area (Å²) in [6.07, 6.45) is -4.15. The molecule has 0 saturated carbocycles. The van der Waals surface area contributed by atoms with Gasteiger partial charge in [0, 0.05) is 19.1 Å². The molecule has 4 rings (SSSR count). The number of aryl methyl sites for hydroxylation is 1. The third-order valence-corrected chi connectivity index (χ3v) is 6.75. The van der Waals surface area contributed by atoms with Gasteiger partial charge in [0.05, 0.1) is 24.6 Å². The van der Waals surface area contributed by atoms with Crippen LogP contribution in [0.4, 0.5) is 13.2 Å². The number of nitrogens with one attached hydrogen (secondary N) is 2. The SMILES string of the molecule is Cc1ccc(C(Oc2ccc(C(=O)N[C@@H]3CCN(C(=O)[C@H]4COC(=O)C4)C3)nc2)C(C)NC(=O)C(F)(F)F)cc1. The van der Waals surface area contributed by atoms with Crippen LogP contribution in [0.2, 0.25) is 0 Å². The van der Waals surface area contributed by atoms with E-state index in [0.717, 1.165) is 5.56 Å². The predicted molar refractivity (Wildman–Crippen MR) is 134 cm³/mol. The summed E-state index contributed by atoms with van der Waals surface area (Å²) < 4.78 is 49.3. The van der Waals surface area contributed by atoms with Gasteiger partial charge in [0.1, 0.15) is 24.2 Å². The van der Waals surface area contributed by atoms with Gasteiger partial charge in [0.25, 0.3) is 5.91 Å². The van der Waals surface area contributed by atoms with Crippen molar-refractivity contribution in [1.29, 1.82) is 0 Å². The standard InChI is InChI=1S/C27H29F3N4O6/c1-15-3-5-17(6-4-15)23(16(2)32-26(38)27(28,29)30)40-20-7-8-21(31-12-20)24(36)33-19-9-10-34(13-19)25(37)18-11-22(35)39-14-18/h3-8,12,16,18-19,23H,9-11,13-14H2,1-2H3,(H,32,38)(H,33,36)/t16?,18-,19-,23?/m1/s1. The molecule has 2 N–H and O–H groups in total. The summed E-state index contributed by atoms with van der Waals surface area (Å²) in [5, 5.41) is 4.77. The maximum absolute atomic E-state index is 12.8. The average molecular weight is 563 g/mol. The number of ether oxygens (including phenoxy) is 2. The number of amides is 3. The van der Waals surface area contributed by atoms with E-state index in [1.165, 1.54) is 25.3 Å². The number of halogens is 3. The fraction of sp³-hybridized carbons (Fsp3) is 0.444. The molecule has 4 atom stereocenters. The first kappa shape index (κ1) is 28.8. The predicted octanol–water partition coefficient (Wildman–Crippen LogP) is 2.47. The van der Waals surface area contributed by atoms with Gasteiger partial charge in [0.15, 0.2) is 0 Å². The number of likely N-dealkylation sites (tertiary alicyclic amines) is 1. The first-order valence-electron chi connectivity index (χ1n) is 12.7. The molecule has 2 aliphatic heterocycles. The van der Waals surface area contributed by atoms with Crippen molar-refractivity contribution in [3.63, 3.8) is 0 Å². The smallest absolute Gasteiger partial charge is 0.471 e. The third kappa shape index (κ3) is 7.07. The van der Waals surface area contributed by atoms with E-state index < -0.39 is 42.0 Å². The molecule has 214 valence electrons. The quantitative estimate of drug-likeness (QED) is 0.474. The number of hydrogen-bond acceptors (Lipinski definition) is 7. The van der Waals surface area contributed by atoms with Gasteiger partial charge in [-0.15, -0.1) is 0 Å². The highest BCUT2D eigenvalue weighted by atomic mass is 19.4. The van der Waals surface area contributed by atoms with Crippen molar-refractivity contribution in [3.05, 3.63) is 59.4 Å². The number of aromatic nitrogens is 1. The lowest BCUT2D eigenvalue weighted by atomic mass is 10.0. The van der Waals surface area contributed by atoms with Gasteiger partial charge in [-0.25, -0.2) is 4.98 Å². The summed E-state index contributed by atoms with van der Waals surface area (Å²) in [5.41, 5.74) is 1.55. The van der Waals surface area contributed by atoms with Crippen LogP contribution in [0.15, 0.2) is 42.6 Å². The zero-order valence-electron chi connectivity index (χ0n) is 21.9. The summed E-state index contributed by atoms with van der Waals surface area (Å²) in [6, 6.07) is 8.45. The van der Waals surface area contributed by atoms with Crippen LogP contribution < -0.4 is 15.4 Å². The average Bonchev–Trinajstić information content (AvgIpc) is 3.56. The molecule has 40 heavy (non-hydrogen) atoms. The Hall–Kier alpha value is -4.16. The zero-order valence-corrected chi connectivity index (χ0v) is 21.9. The summed E-state index contributed by atoms with van der Waals surface area (Å²) in [4.78, 5) is 53.9. The van der Waals surface area contributed by atoms with Gasteiger partial charge < -0.3 is 25.0 Å². The highest BCUT2D eigenvalue weighted by Crippen LogP contribution is 2.27. The van der Waals surface area contributed by atoms with Crippen molar-refractivity contribution >= 4 is 23.7 Å². The summed E-state index contributed by atoms with van der Waals surface area (Å²) in [5.74, 6) is -3.43. The molecular weight excluding hydrogens is 533 g/mol. The van der Waals surface area contributed by atoms with Gasteiger partial charge in [-0.2, -0.15) is 13.2 Å². The number of carbonyl (C=O) groups is 4. The molecule has 2 aromatic rings. The maximum atomic E-state index is 12.8. The summed E-state index contributed by atoms with van der Waals surface area (Å²) >= 11 is 0. The number of hydrogen-bond donors (Lipinski definition) is 2. The molecule has 0 spiro atoms. The van der Waals surface area contributed by atoms with Crippen LogP contribution in [0.3, 0.4) is 0 Å². The highest BCUT2D eigenvalue weighted by molar-refractivity contribution is 5.92. The Bertz CT molecular complexity index is 1250. The Balaban J connectivity index is 1.37. The molecule has 0 bridgehead atoms. The minimum atomic E-state index is -5.05. The van der Waals surface area contributed by atoms with Gasteiger partial charge in [-0.1, -0.05) is 29.8 Å².